The van der Waals surface area contributed by atoms with Gasteiger partial charge in [0.05, 0.1) is 12.2 Å². The van der Waals surface area contributed by atoms with Gasteiger partial charge in [-0.05, 0) is 31.2 Å². The summed E-state index contributed by atoms with van der Waals surface area (Å²) in [5.74, 6) is -0.206. The first-order chi connectivity index (χ1) is 11.2. The Hall–Kier alpha value is -2.95. The molecule has 1 aromatic carbocycles. The van der Waals surface area contributed by atoms with Crippen molar-refractivity contribution >= 4 is 11.0 Å². The predicted octanol–water partition coefficient (Wildman–Crippen LogP) is 3.92. The molecule has 0 aliphatic rings. The van der Waals surface area contributed by atoms with Crippen molar-refractivity contribution in [1.29, 1.82) is 0 Å². The van der Waals surface area contributed by atoms with E-state index >= 15 is 0 Å². The van der Waals surface area contributed by atoms with Gasteiger partial charge in [0.25, 0.3) is 0 Å². The number of benzene rings is 1. The van der Waals surface area contributed by atoms with E-state index in [4.69, 9.17) is 0 Å². The van der Waals surface area contributed by atoms with Crippen LogP contribution >= 0.6 is 0 Å². The Morgan fingerprint density at radius 2 is 2.04 bits per heavy atom. The van der Waals surface area contributed by atoms with Crippen LogP contribution in [0.3, 0.4) is 0 Å². The zero-order valence-electron chi connectivity index (χ0n) is 12.6. The summed E-state index contributed by atoms with van der Waals surface area (Å²) in [6.07, 6.45) is 3.74. The van der Waals surface area contributed by atoms with Gasteiger partial charge in [-0.3, -0.25) is 5.10 Å². The van der Waals surface area contributed by atoms with Crippen molar-refractivity contribution in [3.63, 3.8) is 0 Å². The molecule has 0 amide bonds. The van der Waals surface area contributed by atoms with Crippen molar-refractivity contribution in [3.05, 3.63) is 71.9 Å². The lowest BCUT2D eigenvalue weighted by molar-refractivity contribution is 0.601. The molecule has 4 rings (SSSR count). The highest BCUT2D eigenvalue weighted by Crippen LogP contribution is 2.29. The number of aromatic nitrogens is 4. The fraction of sp³-hybridized carbons (Fsp3) is 0.111. The van der Waals surface area contributed by atoms with Crippen molar-refractivity contribution in [2.45, 2.75) is 13.5 Å². The number of hydrogen-bond donors (Lipinski definition) is 1. The van der Waals surface area contributed by atoms with E-state index in [1.165, 1.54) is 6.07 Å². The molecule has 0 fully saturated rings. The van der Waals surface area contributed by atoms with Gasteiger partial charge in [-0.2, -0.15) is 5.10 Å². The molecule has 0 spiro atoms. The van der Waals surface area contributed by atoms with E-state index in [-0.39, 0.29) is 5.82 Å². The highest BCUT2D eigenvalue weighted by molar-refractivity contribution is 5.93. The number of aryl methyl sites for hydroxylation is 1. The first kappa shape index (κ1) is 13.7. The number of nitrogens with one attached hydrogen (secondary N) is 1. The number of fused-ring (bicyclic) bond motifs is 1. The third kappa shape index (κ3) is 2.40. The molecule has 0 saturated heterocycles. The largest absolute Gasteiger partial charge is 0.327 e. The molecular weight excluding hydrogens is 291 g/mol. The molecule has 4 nitrogen and oxygen atoms in total. The molecule has 3 heterocycles. The third-order valence-electron chi connectivity index (χ3n) is 3.91. The average Bonchev–Trinajstić information content (AvgIpc) is 3.14. The minimum atomic E-state index is -0.206. The van der Waals surface area contributed by atoms with Crippen LogP contribution in [-0.4, -0.2) is 19.7 Å². The van der Waals surface area contributed by atoms with Gasteiger partial charge in [0.2, 0.25) is 0 Å². The number of pyridine rings is 1. The van der Waals surface area contributed by atoms with E-state index in [9.17, 15) is 4.39 Å². The van der Waals surface area contributed by atoms with Crippen LogP contribution in [0.25, 0.3) is 22.3 Å². The summed E-state index contributed by atoms with van der Waals surface area (Å²) in [6, 6.07) is 12.7. The molecule has 0 unspecified atom stereocenters. The standard InChI is InChI=1S/C18H15FN4/c1-12-9-17(22-21-12)15-11-23(18-14(15)6-4-8-20-18)10-13-5-2-3-7-16(13)19/h2-9,11H,10H2,1H3,(H,21,22). The van der Waals surface area contributed by atoms with Crippen molar-refractivity contribution in [1.82, 2.24) is 19.7 Å². The van der Waals surface area contributed by atoms with Gasteiger partial charge < -0.3 is 4.57 Å². The maximum atomic E-state index is 14.0. The van der Waals surface area contributed by atoms with Gasteiger partial charge in [-0.15, -0.1) is 0 Å². The number of aromatic amines is 1. The van der Waals surface area contributed by atoms with Crippen LogP contribution in [0.2, 0.25) is 0 Å². The summed E-state index contributed by atoms with van der Waals surface area (Å²) in [4.78, 5) is 4.46. The Bertz CT molecular complexity index is 984. The first-order valence-electron chi connectivity index (χ1n) is 7.42. The lowest BCUT2D eigenvalue weighted by Crippen LogP contribution is -2.01. The monoisotopic (exact) mass is 306 g/mol. The maximum Gasteiger partial charge on any atom is 0.140 e. The van der Waals surface area contributed by atoms with Crippen LogP contribution in [-0.2, 0) is 6.54 Å². The normalized spacial score (nSPS) is 11.2. The third-order valence-corrected chi connectivity index (χ3v) is 3.91. The molecule has 23 heavy (non-hydrogen) atoms. The van der Waals surface area contributed by atoms with Gasteiger partial charge in [-0.25, -0.2) is 9.37 Å². The first-order valence-corrected chi connectivity index (χ1v) is 7.42. The Morgan fingerprint density at radius 1 is 1.17 bits per heavy atom. The van der Waals surface area contributed by atoms with Gasteiger partial charge in [0.1, 0.15) is 11.5 Å². The Labute approximate surface area is 132 Å². The molecule has 0 radical (unpaired) electrons. The lowest BCUT2D eigenvalue weighted by Gasteiger charge is -2.05. The number of hydrogen-bond acceptors (Lipinski definition) is 2. The smallest absolute Gasteiger partial charge is 0.140 e. The molecule has 0 saturated carbocycles. The maximum absolute atomic E-state index is 14.0. The van der Waals surface area contributed by atoms with Gasteiger partial charge in [0, 0.05) is 34.6 Å². The molecule has 3 aromatic heterocycles. The van der Waals surface area contributed by atoms with Crippen LogP contribution in [0.5, 0.6) is 0 Å². The second-order valence-electron chi connectivity index (χ2n) is 5.57. The Kier molecular flexibility index (Phi) is 3.19. The Morgan fingerprint density at radius 3 is 2.83 bits per heavy atom. The SMILES string of the molecule is Cc1cc(-c2cn(Cc3ccccc3F)c3ncccc23)n[nH]1. The zero-order chi connectivity index (χ0) is 15.8. The second kappa shape index (κ2) is 5.35. The van der Waals surface area contributed by atoms with E-state index < -0.39 is 0 Å². The molecular formula is C18H15FN4. The van der Waals surface area contributed by atoms with E-state index in [0.717, 1.165) is 28.0 Å². The summed E-state index contributed by atoms with van der Waals surface area (Å²) < 4.78 is 15.9. The molecule has 0 aliphatic heterocycles. The van der Waals surface area contributed by atoms with Gasteiger partial charge in [-0.1, -0.05) is 18.2 Å². The zero-order valence-corrected chi connectivity index (χ0v) is 12.6. The molecule has 114 valence electrons. The second-order valence-corrected chi connectivity index (χ2v) is 5.57. The Balaban J connectivity index is 1.86. The van der Waals surface area contributed by atoms with Crippen LogP contribution in [0.15, 0.2) is 54.9 Å². The van der Waals surface area contributed by atoms with Crippen molar-refractivity contribution < 1.29 is 4.39 Å². The molecule has 5 heteroatoms. The minimum absolute atomic E-state index is 0.206. The molecule has 1 N–H and O–H groups in total. The summed E-state index contributed by atoms with van der Waals surface area (Å²) in [6.45, 7) is 2.40. The van der Waals surface area contributed by atoms with Crippen LogP contribution in [0.1, 0.15) is 11.3 Å². The molecule has 0 atom stereocenters. The predicted molar refractivity (Wildman–Crippen MR) is 87.6 cm³/mol. The topological polar surface area (TPSA) is 46.5 Å². The fourth-order valence-corrected chi connectivity index (χ4v) is 2.81. The van der Waals surface area contributed by atoms with E-state index in [0.29, 0.717) is 12.1 Å². The van der Waals surface area contributed by atoms with Crippen LogP contribution in [0, 0.1) is 12.7 Å². The number of halogens is 1. The quantitative estimate of drug-likeness (QED) is 0.623. The molecule has 4 aromatic rings. The summed E-state index contributed by atoms with van der Waals surface area (Å²) in [5, 5.41) is 8.30. The highest BCUT2D eigenvalue weighted by atomic mass is 19.1. The number of H-pyrrole nitrogens is 1. The number of rotatable bonds is 3. The minimum Gasteiger partial charge on any atom is -0.327 e. The van der Waals surface area contributed by atoms with Crippen LogP contribution in [0.4, 0.5) is 4.39 Å². The van der Waals surface area contributed by atoms with E-state index in [1.54, 1.807) is 18.3 Å². The van der Waals surface area contributed by atoms with Crippen LogP contribution < -0.4 is 0 Å². The van der Waals surface area contributed by atoms with Crippen molar-refractivity contribution in [3.8, 4) is 11.3 Å². The summed E-state index contributed by atoms with van der Waals surface area (Å²) in [7, 11) is 0. The number of nitrogens with zero attached hydrogens (tertiary/aromatic N) is 3. The van der Waals surface area contributed by atoms with Gasteiger partial charge in [0.15, 0.2) is 0 Å². The molecule has 0 bridgehead atoms. The van der Waals surface area contributed by atoms with Crippen molar-refractivity contribution in [2.24, 2.45) is 0 Å². The van der Waals surface area contributed by atoms with E-state index in [2.05, 4.69) is 15.2 Å². The summed E-state index contributed by atoms with van der Waals surface area (Å²) in [5.41, 5.74) is 4.33. The lowest BCUT2D eigenvalue weighted by atomic mass is 10.1. The average molecular weight is 306 g/mol. The van der Waals surface area contributed by atoms with Gasteiger partial charge >= 0.3 is 0 Å². The van der Waals surface area contributed by atoms with E-state index in [1.807, 2.05) is 42.0 Å². The fourth-order valence-electron chi connectivity index (χ4n) is 2.81. The summed E-state index contributed by atoms with van der Waals surface area (Å²) >= 11 is 0. The van der Waals surface area contributed by atoms with Crippen molar-refractivity contribution in [2.75, 3.05) is 0 Å². The molecule has 0 aliphatic carbocycles. The highest BCUT2D eigenvalue weighted by Gasteiger charge is 2.14.